The smallest absolute Gasteiger partial charge is 0.277 e. The van der Waals surface area contributed by atoms with E-state index in [-0.39, 0.29) is 0 Å². The van der Waals surface area contributed by atoms with E-state index in [2.05, 4.69) is 15.2 Å². The number of para-hydroxylation sites is 1. The maximum absolute atomic E-state index is 12.5. The molecule has 0 unspecified atom stereocenters. The Hall–Kier alpha value is -2.37. The van der Waals surface area contributed by atoms with E-state index in [1.807, 2.05) is 24.3 Å². The highest BCUT2D eigenvalue weighted by atomic mass is 19.4. The van der Waals surface area contributed by atoms with Crippen molar-refractivity contribution in [1.29, 1.82) is 0 Å². The van der Waals surface area contributed by atoms with Gasteiger partial charge in [0.2, 0.25) is 0 Å². The molecule has 0 fully saturated rings. The molecule has 0 aliphatic carbocycles. The summed E-state index contributed by atoms with van der Waals surface area (Å²) in [5.74, 6) is 0. The van der Waals surface area contributed by atoms with Crippen LogP contribution in [0.3, 0.4) is 0 Å². The number of pyridine rings is 1. The molecule has 0 aliphatic heterocycles. The number of nitrogens with zero attached hydrogens (tertiary/aromatic N) is 2. The number of fused-ring (bicyclic) bond motifs is 1. The highest BCUT2D eigenvalue weighted by molar-refractivity contribution is 5.91. The summed E-state index contributed by atoms with van der Waals surface area (Å²) >= 11 is 0. The summed E-state index contributed by atoms with van der Waals surface area (Å²) in [4.78, 5) is 3.84. The van der Waals surface area contributed by atoms with Crippen LogP contribution in [0.1, 0.15) is 5.56 Å². The topological polar surface area (TPSA) is 41.6 Å². The second-order valence-electron chi connectivity index (χ2n) is 4.05. The van der Waals surface area contributed by atoms with Crippen LogP contribution < -0.4 is 0 Å². The first-order valence-corrected chi connectivity index (χ1v) is 5.52. The van der Waals surface area contributed by atoms with E-state index in [0.29, 0.717) is 11.4 Å². The normalized spacial score (nSPS) is 11.9. The second kappa shape index (κ2) is 4.08. The minimum Gasteiger partial charge on any atom is -0.277 e. The molecule has 96 valence electrons. The maximum Gasteiger partial charge on any atom is 0.417 e. The molecule has 2 heterocycles. The predicted octanol–water partition coefficient (Wildman–Crippen LogP) is 3.64. The van der Waals surface area contributed by atoms with E-state index in [4.69, 9.17) is 0 Å². The zero-order valence-electron chi connectivity index (χ0n) is 9.57. The molecule has 1 N–H and O–H groups in total. The van der Waals surface area contributed by atoms with Crippen LogP contribution in [-0.2, 0) is 6.18 Å². The van der Waals surface area contributed by atoms with E-state index in [1.54, 1.807) is 0 Å². The Morgan fingerprint density at radius 1 is 1.00 bits per heavy atom. The third-order valence-corrected chi connectivity index (χ3v) is 2.80. The molecule has 0 aliphatic rings. The lowest BCUT2D eigenvalue weighted by atomic mass is 10.1. The molecule has 19 heavy (non-hydrogen) atoms. The third-order valence-electron chi connectivity index (χ3n) is 2.80. The van der Waals surface area contributed by atoms with E-state index >= 15 is 0 Å². The number of rotatable bonds is 1. The van der Waals surface area contributed by atoms with Crippen LogP contribution in [0.5, 0.6) is 0 Å². The maximum atomic E-state index is 12.5. The Morgan fingerprint density at radius 2 is 1.79 bits per heavy atom. The van der Waals surface area contributed by atoms with Gasteiger partial charge in [-0.2, -0.15) is 18.3 Å². The zero-order chi connectivity index (χ0) is 13.5. The van der Waals surface area contributed by atoms with Crippen molar-refractivity contribution in [3.63, 3.8) is 0 Å². The first-order valence-electron chi connectivity index (χ1n) is 5.52. The Kier molecular flexibility index (Phi) is 2.51. The number of hydrogen-bond donors (Lipinski definition) is 1. The summed E-state index contributed by atoms with van der Waals surface area (Å²) in [6.45, 7) is 0. The highest BCUT2D eigenvalue weighted by Gasteiger charge is 2.30. The minimum atomic E-state index is -4.38. The average Bonchev–Trinajstić information content (AvgIpc) is 2.82. The van der Waals surface area contributed by atoms with E-state index in [9.17, 15) is 13.2 Å². The molecule has 2 aromatic heterocycles. The van der Waals surface area contributed by atoms with Crippen molar-refractivity contribution in [2.75, 3.05) is 0 Å². The Bertz CT molecular complexity index is 714. The van der Waals surface area contributed by atoms with Crippen LogP contribution in [0, 0.1) is 0 Å². The van der Waals surface area contributed by atoms with E-state index in [0.717, 1.165) is 23.2 Å². The van der Waals surface area contributed by atoms with E-state index < -0.39 is 11.7 Å². The van der Waals surface area contributed by atoms with Gasteiger partial charge in [-0.1, -0.05) is 18.2 Å². The van der Waals surface area contributed by atoms with Gasteiger partial charge in [0.05, 0.1) is 16.8 Å². The van der Waals surface area contributed by atoms with Gasteiger partial charge in [0.25, 0.3) is 0 Å². The molecule has 0 amide bonds. The fraction of sp³-hybridized carbons (Fsp3) is 0.0769. The summed E-state index contributed by atoms with van der Waals surface area (Å²) in [5, 5.41) is 7.74. The van der Waals surface area contributed by atoms with Crippen LogP contribution in [0.25, 0.3) is 22.3 Å². The summed E-state index contributed by atoms with van der Waals surface area (Å²) in [6, 6.07) is 9.70. The number of H-pyrrole nitrogens is 1. The lowest BCUT2D eigenvalue weighted by Crippen LogP contribution is -2.05. The minimum absolute atomic E-state index is 0.408. The highest BCUT2D eigenvalue weighted by Crippen LogP contribution is 2.30. The summed E-state index contributed by atoms with van der Waals surface area (Å²) in [7, 11) is 0. The molecule has 1 aromatic carbocycles. The van der Waals surface area contributed by atoms with Gasteiger partial charge in [0.15, 0.2) is 0 Å². The van der Waals surface area contributed by atoms with Crippen molar-refractivity contribution in [3.05, 3.63) is 48.2 Å². The van der Waals surface area contributed by atoms with Crippen LogP contribution in [0.2, 0.25) is 0 Å². The number of halogens is 3. The number of aromatic amines is 1. The molecule has 0 atom stereocenters. The van der Waals surface area contributed by atoms with Gasteiger partial charge in [-0.15, -0.1) is 0 Å². The van der Waals surface area contributed by atoms with Crippen LogP contribution >= 0.6 is 0 Å². The molecule has 6 heteroatoms. The molecule has 0 saturated carbocycles. The molecular weight excluding hydrogens is 255 g/mol. The quantitative estimate of drug-likeness (QED) is 0.728. The average molecular weight is 263 g/mol. The van der Waals surface area contributed by atoms with Crippen LogP contribution in [0.15, 0.2) is 42.6 Å². The molecule has 3 aromatic rings. The van der Waals surface area contributed by atoms with Gasteiger partial charge in [-0.3, -0.25) is 10.1 Å². The van der Waals surface area contributed by atoms with Crippen molar-refractivity contribution >= 4 is 10.9 Å². The fourth-order valence-corrected chi connectivity index (χ4v) is 1.86. The Morgan fingerprint density at radius 3 is 2.47 bits per heavy atom. The first-order chi connectivity index (χ1) is 9.05. The third kappa shape index (κ3) is 2.05. The standard InChI is InChI=1S/C13H8F3N3/c14-13(15,16)8-5-6-11(17-7-8)12-9-3-1-2-4-10(9)18-19-12/h1-7H,(H,18,19). The SMILES string of the molecule is FC(F)(F)c1ccc(-c2n[nH]c3ccccc23)nc1. The lowest BCUT2D eigenvalue weighted by Gasteiger charge is -2.05. The number of benzene rings is 1. The predicted molar refractivity (Wildman–Crippen MR) is 64.3 cm³/mol. The molecule has 0 saturated heterocycles. The van der Waals surface area contributed by atoms with Gasteiger partial charge in [-0.25, -0.2) is 0 Å². The fourth-order valence-electron chi connectivity index (χ4n) is 1.86. The van der Waals surface area contributed by atoms with E-state index in [1.165, 1.54) is 6.07 Å². The zero-order valence-corrected chi connectivity index (χ0v) is 9.57. The molecular formula is C13H8F3N3. The molecule has 0 bridgehead atoms. The van der Waals surface area contributed by atoms with Crippen molar-refractivity contribution in [2.45, 2.75) is 6.18 Å². The van der Waals surface area contributed by atoms with Gasteiger partial charge >= 0.3 is 6.18 Å². The van der Waals surface area contributed by atoms with Gasteiger partial charge in [0, 0.05) is 11.6 Å². The molecule has 0 radical (unpaired) electrons. The van der Waals surface area contributed by atoms with Gasteiger partial charge in [-0.05, 0) is 18.2 Å². The van der Waals surface area contributed by atoms with Gasteiger partial charge in [0.1, 0.15) is 5.69 Å². The Labute approximate surface area is 106 Å². The lowest BCUT2D eigenvalue weighted by molar-refractivity contribution is -0.137. The molecule has 0 spiro atoms. The Balaban J connectivity index is 2.07. The number of nitrogens with one attached hydrogen (secondary N) is 1. The van der Waals surface area contributed by atoms with Crippen molar-refractivity contribution in [3.8, 4) is 11.4 Å². The largest absolute Gasteiger partial charge is 0.417 e. The van der Waals surface area contributed by atoms with Crippen molar-refractivity contribution in [1.82, 2.24) is 15.2 Å². The van der Waals surface area contributed by atoms with Crippen molar-refractivity contribution < 1.29 is 13.2 Å². The van der Waals surface area contributed by atoms with Crippen LogP contribution in [0.4, 0.5) is 13.2 Å². The summed E-state index contributed by atoms with van der Waals surface area (Å²) in [6.07, 6.45) is -3.56. The van der Waals surface area contributed by atoms with Crippen molar-refractivity contribution in [2.24, 2.45) is 0 Å². The summed E-state index contributed by atoms with van der Waals surface area (Å²) < 4.78 is 37.4. The number of aromatic nitrogens is 3. The van der Waals surface area contributed by atoms with Crippen LogP contribution in [-0.4, -0.2) is 15.2 Å². The second-order valence-corrected chi connectivity index (χ2v) is 4.05. The summed E-state index contributed by atoms with van der Waals surface area (Å²) in [5.41, 5.74) is 1.00. The first kappa shape index (κ1) is 11.7. The molecule has 3 rings (SSSR count). The number of alkyl halides is 3. The van der Waals surface area contributed by atoms with Gasteiger partial charge < -0.3 is 0 Å². The monoisotopic (exact) mass is 263 g/mol. The number of hydrogen-bond acceptors (Lipinski definition) is 2. The molecule has 3 nitrogen and oxygen atoms in total.